The number of nitrogens with zero attached hydrogens (tertiary/aromatic N) is 2. The van der Waals surface area contributed by atoms with Gasteiger partial charge in [-0.05, 0) is 92.2 Å². The lowest BCUT2D eigenvalue weighted by molar-refractivity contribution is 0.0644. The Labute approximate surface area is 290 Å². The van der Waals surface area contributed by atoms with Crippen molar-refractivity contribution in [1.82, 2.24) is 9.80 Å². The van der Waals surface area contributed by atoms with Crippen LogP contribution in [0.1, 0.15) is 71.4 Å². The highest BCUT2D eigenvalue weighted by Crippen LogP contribution is 2.29. The predicted octanol–water partition coefficient (Wildman–Crippen LogP) is 9.55. The SMILES string of the molecule is CCCCOc1ccc(C(=O)N(CCN(Cc2ccccc2)C(=O)c2ccc(OCCCC)c(Br)c2)Cc2ccccc2)cc1Br. The summed E-state index contributed by atoms with van der Waals surface area (Å²) < 4.78 is 13.2. The van der Waals surface area contributed by atoms with E-state index in [2.05, 4.69) is 45.7 Å². The molecular formula is C38H42Br2N2O4. The smallest absolute Gasteiger partial charge is 0.254 e. The van der Waals surface area contributed by atoms with E-state index in [1.54, 1.807) is 21.9 Å². The zero-order valence-corrected chi connectivity index (χ0v) is 29.8. The molecule has 0 saturated heterocycles. The fourth-order valence-electron chi connectivity index (χ4n) is 4.87. The summed E-state index contributed by atoms with van der Waals surface area (Å²) in [4.78, 5) is 31.6. The van der Waals surface area contributed by atoms with E-state index >= 15 is 0 Å². The minimum absolute atomic E-state index is 0.118. The lowest BCUT2D eigenvalue weighted by atomic mass is 10.1. The molecule has 0 aliphatic carbocycles. The van der Waals surface area contributed by atoms with Gasteiger partial charge in [0.25, 0.3) is 11.8 Å². The van der Waals surface area contributed by atoms with E-state index in [1.807, 2.05) is 84.9 Å². The first-order valence-corrected chi connectivity index (χ1v) is 17.5. The average molecular weight is 751 g/mol. The molecule has 0 bridgehead atoms. The number of benzene rings is 4. The molecule has 4 aromatic rings. The molecular weight excluding hydrogens is 708 g/mol. The molecule has 0 atom stereocenters. The number of unbranched alkanes of at least 4 members (excludes halogenated alkanes) is 2. The van der Waals surface area contributed by atoms with Crippen LogP contribution in [0.3, 0.4) is 0 Å². The first-order valence-electron chi connectivity index (χ1n) is 15.9. The number of carbonyl (C=O) groups excluding carboxylic acids is 2. The predicted molar refractivity (Wildman–Crippen MR) is 191 cm³/mol. The van der Waals surface area contributed by atoms with Crippen LogP contribution >= 0.6 is 31.9 Å². The quantitative estimate of drug-likeness (QED) is 0.101. The van der Waals surface area contributed by atoms with Gasteiger partial charge in [0.15, 0.2) is 0 Å². The molecule has 0 unspecified atom stereocenters. The van der Waals surface area contributed by atoms with E-state index in [1.165, 1.54) is 0 Å². The number of carbonyl (C=O) groups is 2. The third-order valence-corrected chi connectivity index (χ3v) is 8.75. The van der Waals surface area contributed by atoms with E-state index in [-0.39, 0.29) is 11.8 Å². The Bertz CT molecular complexity index is 1430. The molecule has 0 aliphatic heterocycles. The Morgan fingerprint density at radius 2 is 0.978 bits per heavy atom. The monoisotopic (exact) mass is 748 g/mol. The minimum Gasteiger partial charge on any atom is -0.492 e. The number of ether oxygens (including phenoxy) is 2. The van der Waals surface area contributed by atoms with Gasteiger partial charge in [0.05, 0.1) is 22.2 Å². The Kier molecular flexibility index (Phi) is 14.2. The van der Waals surface area contributed by atoms with Gasteiger partial charge in [-0.2, -0.15) is 0 Å². The number of rotatable bonds is 17. The summed E-state index contributed by atoms with van der Waals surface area (Å²) in [5.41, 5.74) is 3.12. The first-order chi connectivity index (χ1) is 22.4. The molecule has 0 saturated carbocycles. The van der Waals surface area contributed by atoms with Crippen molar-refractivity contribution in [3.05, 3.63) is 128 Å². The van der Waals surface area contributed by atoms with E-state index < -0.39 is 0 Å². The van der Waals surface area contributed by atoms with Gasteiger partial charge in [-0.1, -0.05) is 87.4 Å². The highest BCUT2D eigenvalue weighted by atomic mass is 79.9. The maximum Gasteiger partial charge on any atom is 0.254 e. The molecule has 0 spiro atoms. The largest absolute Gasteiger partial charge is 0.492 e. The zero-order chi connectivity index (χ0) is 32.7. The van der Waals surface area contributed by atoms with Crippen LogP contribution in [-0.2, 0) is 13.1 Å². The van der Waals surface area contributed by atoms with Crippen LogP contribution in [0.5, 0.6) is 11.5 Å². The lowest BCUT2D eigenvalue weighted by Gasteiger charge is -2.29. The molecule has 46 heavy (non-hydrogen) atoms. The van der Waals surface area contributed by atoms with Gasteiger partial charge in [0, 0.05) is 37.3 Å². The van der Waals surface area contributed by atoms with Crippen molar-refractivity contribution in [3.8, 4) is 11.5 Å². The van der Waals surface area contributed by atoms with Crippen molar-refractivity contribution in [1.29, 1.82) is 0 Å². The Balaban J connectivity index is 1.57. The topological polar surface area (TPSA) is 59.1 Å². The second-order valence-corrected chi connectivity index (χ2v) is 12.8. The third kappa shape index (κ3) is 10.5. The summed E-state index contributed by atoms with van der Waals surface area (Å²) in [6.45, 7) is 7.00. The lowest BCUT2D eigenvalue weighted by Crippen LogP contribution is -2.40. The number of halogens is 2. The molecule has 0 N–H and O–H groups in total. The van der Waals surface area contributed by atoms with Crippen LogP contribution in [0.25, 0.3) is 0 Å². The summed E-state index contributed by atoms with van der Waals surface area (Å²) in [6, 6.07) is 30.8. The molecule has 6 nitrogen and oxygen atoms in total. The summed E-state index contributed by atoms with van der Waals surface area (Å²) in [6.07, 6.45) is 4.01. The van der Waals surface area contributed by atoms with Crippen molar-refractivity contribution in [3.63, 3.8) is 0 Å². The zero-order valence-electron chi connectivity index (χ0n) is 26.6. The average Bonchev–Trinajstić information content (AvgIpc) is 3.08. The van der Waals surface area contributed by atoms with Crippen molar-refractivity contribution in [2.45, 2.75) is 52.6 Å². The minimum atomic E-state index is -0.118. The number of hydrogen-bond donors (Lipinski definition) is 0. The molecule has 0 aromatic heterocycles. The van der Waals surface area contributed by atoms with Crippen LogP contribution in [0.15, 0.2) is 106 Å². The van der Waals surface area contributed by atoms with E-state index in [0.29, 0.717) is 62.0 Å². The first kappa shape index (κ1) is 35.2. The molecule has 4 aromatic carbocycles. The van der Waals surface area contributed by atoms with Crippen LogP contribution in [0.4, 0.5) is 0 Å². The molecule has 4 rings (SSSR count). The van der Waals surface area contributed by atoms with Crippen molar-refractivity contribution < 1.29 is 19.1 Å². The molecule has 0 aliphatic rings. The van der Waals surface area contributed by atoms with Crippen molar-refractivity contribution in [2.24, 2.45) is 0 Å². The van der Waals surface area contributed by atoms with E-state index in [4.69, 9.17) is 9.47 Å². The standard InChI is InChI=1S/C38H42Br2N2O4/c1-3-5-23-45-35-19-17-31(25-33(35)39)37(43)41(27-29-13-9-7-10-14-29)21-22-42(28-30-15-11-8-12-16-30)38(44)32-18-20-36(34(40)26-32)46-24-6-4-2/h7-20,25-26H,3-6,21-24,27-28H2,1-2H3. The van der Waals surface area contributed by atoms with E-state index in [9.17, 15) is 9.59 Å². The van der Waals surface area contributed by atoms with Crippen LogP contribution in [-0.4, -0.2) is 47.9 Å². The van der Waals surface area contributed by atoms with Gasteiger partial charge >= 0.3 is 0 Å². The second-order valence-electron chi connectivity index (χ2n) is 11.1. The summed E-state index contributed by atoms with van der Waals surface area (Å²) in [7, 11) is 0. The van der Waals surface area contributed by atoms with Crippen molar-refractivity contribution >= 4 is 43.7 Å². The molecule has 242 valence electrons. The van der Waals surface area contributed by atoms with Crippen LogP contribution in [0, 0.1) is 0 Å². The number of hydrogen-bond acceptors (Lipinski definition) is 4. The van der Waals surface area contributed by atoms with Crippen LogP contribution < -0.4 is 9.47 Å². The van der Waals surface area contributed by atoms with Gasteiger partial charge in [-0.15, -0.1) is 0 Å². The highest BCUT2D eigenvalue weighted by Gasteiger charge is 2.22. The molecule has 0 radical (unpaired) electrons. The third-order valence-electron chi connectivity index (χ3n) is 7.52. The summed E-state index contributed by atoms with van der Waals surface area (Å²) in [5.74, 6) is 1.19. The van der Waals surface area contributed by atoms with Crippen molar-refractivity contribution in [2.75, 3.05) is 26.3 Å². The Morgan fingerprint density at radius 1 is 0.587 bits per heavy atom. The fraction of sp³-hybridized carbons (Fsp3) is 0.316. The molecule has 0 fully saturated rings. The highest BCUT2D eigenvalue weighted by molar-refractivity contribution is 9.10. The van der Waals surface area contributed by atoms with Gasteiger partial charge in [-0.25, -0.2) is 0 Å². The molecule has 2 amide bonds. The summed E-state index contributed by atoms with van der Waals surface area (Å²) >= 11 is 7.19. The summed E-state index contributed by atoms with van der Waals surface area (Å²) in [5, 5.41) is 0. The molecule has 8 heteroatoms. The normalized spacial score (nSPS) is 10.8. The van der Waals surface area contributed by atoms with Gasteiger partial charge in [0.1, 0.15) is 11.5 Å². The van der Waals surface area contributed by atoms with Gasteiger partial charge in [0.2, 0.25) is 0 Å². The van der Waals surface area contributed by atoms with E-state index in [0.717, 1.165) is 45.8 Å². The Hall–Kier alpha value is -3.62. The maximum atomic E-state index is 14.0. The second kappa shape index (κ2) is 18.5. The van der Waals surface area contributed by atoms with Gasteiger partial charge in [-0.3, -0.25) is 9.59 Å². The van der Waals surface area contributed by atoms with Crippen LogP contribution in [0.2, 0.25) is 0 Å². The number of amides is 2. The maximum absolute atomic E-state index is 14.0. The van der Waals surface area contributed by atoms with Gasteiger partial charge < -0.3 is 19.3 Å². The molecule has 0 heterocycles. The Morgan fingerprint density at radius 3 is 1.33 bits per heavy atom. The fourth-order valence-corrected chi connectivity index (χ4v) is 5.86.